The molecular weight excluding hydrogens is 444 g/mol. The van der Waals surface area contributed by atoms with Gasteiger partial charge in [-0.1, -0.05) is 11.6 Å². The van der Waals surface area contributed by atoms with Crippen LogP contribution in [0.1, 0.15) is 15.9 Å². The summed E-state index contributed by atoms with van der Waals surface area (Å²) in [5, 5.41) is 5.87. The summed E-state index contributed by atoms with van der Waals surface area (Å²) >= 11 is 6.39. The molecule has 0 saturated carbocycles. The number of urea groups is 1. The van der Waals surface area contributed by atoms with Crippen LogP contribution in [-0.2, 0) is 4.74 Å². The third kappa shape index (κ3) is 5.39. The Morgan fingerprint density at radius 1 is 0.970 bits per heavy atom. The standard InChI is InChI=1S/C23H23ClN6O3/c1-14-19(24)28-21(29-22(14)30-10-12-33-13-11-30)16-4-8-18(9-5-16)27-23(32)26-17-6-2-15(3-7-17)20(25)31/h2-9H,10-13H2,1H3,(H2,25,31)(H2,26,27,32). The summed E-state index contributed by atoms with van der Waals surface area (Å²) in [7, 11) is 0. The van der Waals surface area contributed by atoms with Gasteiger partial charge in [0, 0.05) is 41.2 Å². The maximum Gasteiger partial charge on any atom is 0.323 e. The third-order valence-electron chi connectivity index (χ3n) is 5.20. The van der Waals surface area contributed by atoms with Crippen molar-refractivity contribution in [2.24, 2.45) is 5.73 Å². The largest absolute Gasteiger partial charge is 0.378 e. The number of benzene rings is 2. The molecule has 0 aliphatic carbocycles. The third-order valence-corrected chi connectivity index (χ3v) is 5.57. The van der Waals surface area contributed by atoms with Gasteiger partial charge in [0.05, 0.1) is 13.2 Å². The summed E-state index contributed by atoms with van der Waals surface area (Å²) in [6.45, 7) is 4.69. The van der Waals surface area contributed by atoms with Crippen LogP contribution in [0.25, 0.3) is 11.4 Å². The van der Waals surface area contributed by atoms with Crippen LogP contribution in [0, 0.1) is 6.92 Å². The summed E-state index contributed by atoms with van der Waals surface area (Å²) in [6, 6.07) is 13.0. The topological polar surface area (TPSA) is 122 Å². The van der Waals surface area contributed by atoms with Crippen molar-refractivity contribution >= 4 is 40.7 Å². The normalized spacial score (nSPS) is 13.5. The molecule has 0 bridgehead atoms. The number of nitrogens with one attached hydrogen (secondary N) is 2. The molecule has 170 valence electrons. The van der Waals surface area contributed by atoms with E-state index in [4.69, 9.17) is 27.1 Å². The van der Waals surface area contributed by atoms with E-state index >= 15 is 0 Å². The molecule has 9 nitrogen and oxygen atoms in total. The van der Waals surface area contributed by atoms with Crippen molar-refractivity contribution in [3.8, 4) is 11.4 Å². The first kappa shape index (κ1) is 22.5. The van der Waals surface area contributed by atoms with Crippen molar-refractivity contribution in [2.75, 3.05) is 41.8 Å². The van der Waals surface area contributed by atoms with Crippen molar-refractivity contribution in [1.29, 1.82) is 0 Å². The Labute approximate surface area is 195 Å². The number of rotatable bonds is 5. The zero-order valence-electron chi connectivity index (χ0n) is 18.0. The van der Waals surface area contributed by atoms with Gasteiger partial charge in [0.15, 0.2) is 5.82 Å². The number of anilines is 3. The Kier molecular flexibility index (Phi) is 6.71. The van der Waals surface area contributed by atoms with Gasteiger partial charge in [-0.05, 0) is 55.5 Å². The SMILES string of the molecule is Cc1c(Cl)nc(-c2ccc(NC(=O)Nc3ccc(C(N)=O)cc3)cc2)nc1N1CCOCC1. The van der Waals surface area contributed by atoms with Crippen LogP contribution in [0.2, 0.25) is 5.15 Å². The summed E-state index contributed by atoms with van der Waals surface area (Å²) in [6.07, 6.45) is 0. The molecule has 0 unspecified atom stereocenters. The predicted octanol–water partition coefficient (Wildman–Crippen LogP) is 3.68. The molecule has 1 aliphatic heterocycles. The smallest absolute Gasteiger partial charge is 0.323 e. The molecule has 1 aliphatic rings. The van der Waals surface area contributed by atoms with Crippen molar-refractivity contribution in [3.63, 3.8) is 0 Å². The molecule has 0 radical (unpaired) electrons. The number of hydrogen-bond donors (Lipinski definition) is 3. The molecule has 0 spiro atoms. The van der Waals surface area contributed by atoms with Crippen molar-refractivity contribution in [1.82, 2.24) is 9.97 Å². The highest BCUT2D eigenvalue weighted by molar-refractivity contribution is 6.30. The molecule has 2 heterocycles. The number of ether oxygens (including phenoxy) is 1. The predicted molar refractivity (Wildman–Crippen MR) is 128 cm³/mol. The molecule has 1 aromatic heterocycles. The zero-order valence-corrected chi connectivity index (χ0v) is 18.7. The molecule has 4 N–H and O–H groups in total. The van der Waals surface area contributed by atoms with Gasteiger partial charge in [-0.3, -0.25) is 4.79 Å². The Morgan fingerprint density at radius 2 is 1.55 bits per heavy atom. The summed E-state index contributed by atoms with van der Waals surface area (Å²) < 4.78 is 5.43. The number of carbonyl (C=O) groups is 2. The number of morpholine rings is 1. The number of halogens is 1. The molecule has 4 rings (SSSR count). The van der Waals surface area contributed by atoms with E-state index in [0.717, 1.165) is 30.0 Å². The highest BCUT2D eigenvalue weighted by Gasteiger charge is 2.19. The van der Waals surface area contributed by atoms with Crippen molar-refractivity contribution in [2.45, 2.75) is 6.92 Å². The maximum atomic E-state index is 12.3. The number of nitrogens with two attached hydrogens (primary N) is 1. The maximum absolute atomic E-state index is 12.3. The van der Waals surface area contributed by atoms with E-state index in [1.807, 2.05) is 19.1 Å². The number of hydrogen-bond acceptors (Lipinski definition) is 6. The van der Waals surface area contributed by atoms with Crippen LogP contribution in [-0.4, -0.2) is 48.2 Å². The summed E-state index contributed by atoms with van der Waals surface area (Å²) in [5.41, 5.74) is 8.33. The van der Waals surface area contributed by atoms with Gasteiger partial charge in [-0.2, -0.15) is 0 Å². The lowest BCUT2D eigenvalue weighted by molar-refractivity contribution is 0.1000. The lowest BCUT2D eigenvalue weighted by Gasteiger charge is -2.29. The molecule has 10 heteroatoms. The minimum Gasteiger partial charge on any atom is -0.378 e. The average molecular weight is 467 g/mol. The fourth-order valence-corrected chi connectivity index (χ4v) is 3.57. The van der Waals surface area contributed by atoms with E-state index in [1.54, 1.807) is 36.4 Å². The van der Waals surface area contributed by atoms with Crippen LogP contribution in [0.15, 0.2) is 48.5 Å². The van der Waals surface area contributed by atoms with Gasteiger partial charge >= 0.3 is 6.03 Å². The lowest BCUT2D eigenvalue weighted by atomic mass is 10.2. The van der Waals surface area contributed by atoms with Crippen LogP contribution < -0.4 is 21.3 Å². The van der Waals surface area contributed by atoms with Crippen molar-refractivity contribution < 1.29 is 14.3 Å². The molecule has 3 amide bonds. The van der Waals surface area contributed by atoms with E-state index in [1.165, 1.54) is 0 Å². The first-order valence-corrected chi connectivity index (χ1v) is 10.7. The molecule has 33 heavy (non-hydrogen) atoms. The van der Waals surface area contributed by atoms with Gasteiger partial charge in [0.1, 0.15) is 11.0 Å². The molecule has 1 saturated heterocycles. The van der Waals surface area contributed by atoms with Gasteiger partial charge in [-0.15, -0.1) is 0 Å². The quantitative estimate of drug-likeness (QED) is 0.493. The zero-order chi connectivity index (χ0) is 23.4. The number of primary amides is 1. The molecule has 2 aromatic carbocycles. The van der Waals surface area contributed by atoms with Crippen LogP contribution in [0.4, 0.5) is 22.0 Å². The number of amides is 3. The highest BCUT2D eigenvalue weighted by atomic mass is 35.5. The second-order valence-electron chi connectivity index (χ2n) is 7.48. The van der Waals surface area contributed by atoms with Gasteiger partial charge in [0.25, 0.3) is 0 Å². The van der Waals surface area contributed by atoms with Gasteiger partial charge < -0.3 is 26.0 Å². The van der Waals surface area contributed by atoms with E-state index in [9.17, 15) is 9.59 Å². The first-order chi connectivity index (χ1) is 15.9. The van der Waals surface area contributed by atoms with E-state index < -0.39 is 11.9 Å². The molecule has 0 atom stereocenters. The minimum atomic E-state index is -0.526. The summed E-state index contributed by atoms with van der Waals surface area (Å²) in [4.78, 5) is 34.7. The fraction of sp³-hybridized carbons (Fsp3) is 0.217. The van der Waals surface area contributed by atoms with Gasteiger partial charge in [-0.25, -0.2) is 14.8 Å². The highest BCUT2D eigenvalue weighted by Crippen LogP contribution is 2.28. The Bertz CT molecular complexity index is 1160. The van der Waals surface area contributed by atoms with E-state index in [2.05, 4.69) is 20.5 Å². The molecule has 3 aromatic rings. The second kappa shape index (κ2) is 9.85. The van der Waals surface area contributed by atoms with Crippen LogP contribution in [0.3, 0.4) is 0 Å². The molecule has 1 fully saturated rings. The monoisotopic (exact) mass is 466 g/mol. The number of nitrogens with zero attached hydrogens (tertiary/aromatic N) is 3. The Balaban J connectivity index is 1.45. The molecular formula is C23H23ClN6O3. The van der Waals surface area contributed by atoms with E-state index in [-0.39, 0.29) is 0 Å². The Morgan fingerprint density at radius 3 is 2.12 bits per heavy atom. The fourth-order valence-electron chi connectivity index (χ4n) is 3.40. The van der Waals surface area contributed by atoms with Crippen LogP contribution >= 0.6 is 11.6 Å². The minimum absolute atomic E-state index is 0.367. The van der Waals surface area contributed by atoms with Crippen LogP contribution in [0.5, 0.6) is 0 Å². The number of carbonyl (C=O) groups excluding carboxylic acids is 2. The second-order valence-corrected chi connectivity index (χ2v) is 7.84. The lowest BCUT2D eigenvalue weighted by Crippen LogP contribution is -2.37. The van der Waals surface area contributed by atoms with Crippen molar-refractivity contribution in [3.05, 3.63) is 64.8 Å². The number of aromatic nitrogens is 2. The average Bonchev–Trinajstić information content (AvgIpc) is 2.82. The Hall–Kier alpha value is -3.69. The van der Waals surface area contributed by atoms with E-state index in [0.29, 0.717) is 41.1 Å². The first-order valence-electron chi connectivity index (χ1n) is 10.4. The summed E-state index contributed by atoms with van der Waals surface area (Å²) in [5.74, 6) is 0.789. The van der Waals surface area contributed by atoms with Gasteiger partial charge in [0.2, 0.25) is 5.91 Å².